The Kier molecular flexibility index (Phi) is 12.7. The van der Waals surface area contributed by atoms with Gasteiger partial charge in [0, 0.05) is 36.4 Å². The zero-order valence-corrected chi connectivity index (χ0v) is 25.9. The summed E-state index contributed by atoms with van der Waals surface area (Å²) in [6.07, 6.45) is 4.49. The van der Waals surface area contributed by atoms with Crippen molar-refractivity contribution in [3.8, 4) is 11.5 Å². The van der Waals surface area contributed by atoms with Gasteiger partial charge < -0.3 is 30.7 Å². The molecule has 0 spiro atoms. The van der Waals surface area contributed by atoms with Gasteiger partial charge in [0.05, 0.1) is 17.2 Å². The molecule has 222 valence electrons. The van der Waals surface area contributed by atoms with Crippen molar-refractivity contribution in [2.24, 2.45) is 0 Å². The fourth-order valence-corrected chi connectivity index (χ4v) is 4.37. The molecule has 9 nitrogen and oxygen atoms in total. The van der Waals surface area contributed by atoms with Crippen molar-refractivity contribution in [3.63, 3.8) is 0 Å². The Labute approximate surface area is 258 Å². The van der Waals surface area contributed by atoms with Crippen LogP contribution in [0.4, 0.5) is 17.3 Å². The van der Waals surface area contributed by atoms with Crippen LogP contribution in [-0.2, 0) is 0 Å². The second-order valence-electron chi connectivity index (χ2n) is 10.5. The number of halogens is 3. The maximum atomic E-state index is 12.5. The predicted octanol–water partition coefficient (Wildman–Crippen LogP) is 6.16. The molecule has 0 saturated heterocycles. The minimum Gasteiger partial charge on any atom is -0.456 e. The summed E-state index contributed by atoms with van der Waals surface area (Å²) in [7, 11) is 1.99. The summed E-state index contributed by atoms with van der Waals surface area (Å²) in [4.78, 5) is 23.5. The van der Waals surface area contributed by atoms with Crippen molar-refractivity contribution < 1.29 is 14.6 Å². The van der Waals surface area contributed by atoms with E-state index >= 15 is 0 Å². The van der Waals surface area contributed by atoms with Crippen LogP contribution in [0, 0.1) is 0 Å². The highest BCUT2D eigenvalue weighted by Crippen LogP contribution is 2.34. The number of nitrogens with zero attached hydrogens (tertiary/aromatic N) is 3. The molecule has 1 aromatic heterocycles. The molecule has 12 heteroatoms. The summed E-state index contributed by atoms with van der Waals surface area (Å²) in [5, 5.41) is 19.3. The number of carbonyl (C=O) groups is 1. The molecule has 3 aromatic rings. The van der Waals surface area contributed by atoms with Gasteiger partial charge in [-0.2, -0.15) is 0 Å². The average molecular weight is 624 g/mol. The van der Waals surface area contributed by atoms with Gasteiger partial charge in [-0.3, -0.25) is 4.79 Å². The molecule has 1 aliphatic rings. The third-order valence-corrected chi connectivity index (χ3v) is 6.23. The van der Waals surface area contributed by atoms with E-state index in [1.54, 1.807) is 36.4 Å². The first-order valence-corrected chi connectivity index (χ1v) is 13.2. The number of amides is 1. The molecule has 4 rings (SSSR count). The summed E-state index contributed by atoms with van der Waals surface area (Å²) in [5.74, 6) is 2.21. The Morgan fingerprint density at radius 1 is 1.17 bits per heavy atom. The predicted molar refractivity (Wildman–Crippen MR) is 171 cm³/mol. The van der Waals surface area contributed by atoms with Crippen LogP contribution in [0.25, 0.3) is 6.08 Å². The lowest BCUT2D eigenvalue weighted by Crippen LogP contribution is -2.40. The molecule has 0 fully saturated rings. The summed E-state index contributed by atoms with van der Waals surface area (Å²) in [6, 6.07) is 12.4. The van der Waals surface area contributed by atoms with E-state index in [0.717, 1.165) is 36.6 Å². The number of ether oxygens (including phenoxy) is 1. The van der Waals surface area contributed by atoms with Gasteiger partial charge in [-0.05, 0) is 76.7 Å². The molecule has 2 heterocycles. The number of rotatable bonds is 9. The van der Waals surface area contributed by atoms with Crippen LogP contribution in [0.5, 0.6) is 11.5 Å². The first-order chi connectivity index (χ1) is 18.6. The second-order valence-corrected chi connectivity index (χ2v) is 10.9. The van der Waals surface area contributed by atoms with Crippen LogP contribution < -0.4 is 20.7 Å². The van der Waals surface area contributed by atoms with Gasteiger partial charge in [-0.25, -0.2) is 9.97 Å². The topological polar surface area (TPSA) is 112 Å². The largest absolute Gasteiger partial charge is 0.456 e. The minimum atomic E-state index is -0.341. The smallest absolute Gasteiger partial charge is 0.251 e. The monoisotopic (exact) mass is 622 g/mol. The van der Waals surface area contributed by atoms with Crippen molar-refractivity contribution >= 4 is 65.7 Å². The quantitative estimate of drug-likeness (QED) is 0.224. The number of nitrogens with one attached hydrogen (secondary N) is 3. The maximum Gasteiger partial charge on any atom is 0.251 e. The lowest BCUT2D eigenvalue weighted by molar-refractivity contribution is 0.0919. The molecule has 0 atom stereocenters. The van der Waals surface area contributed by atoms with Crippen molar-refractivity contribution in [1.29, 1.82) is 0 Å². The Hall–Kier alpha value is -3.08. The average Bonchev–Trinajstić information content (AvgIpc) is 3.07. The molecular formula is C29H37Cl3N6O3. The fourth-order valence-electron chi connectivity index (χ4n) is 4.15. The molecule has 0 saturated carbocycles. The van der Waals surface area contributed by atoms with Gasteiger partial charge in [0.25, 0.3) is 5.91 Å². The number of hydrogen-bond acceptors (Lipinski definition) is 8. The van der Waals surface area contributed by atoms with E-state index in [1.165, 1.54) is 11.9 Å². The van der Waals surface area contributed by atoms with Crippen LogP contribution in [0.15, 0.2) is 54.4 Å². The molecular weight excluding hydrogens is 587 g/mol. The second kappa shape index (κ2) is 15.2. The number of benzene rings is 2. The Morgan fingerprint density at radius 2 is 1.95 bits per heavy atom. The summed E-state index contributed by atoms with van der Waals surface area (Å²) in [6.45, 7) is 8.03. The van der Waals surface area contributed by atoms with Gasteiger partial charge >= 0.3 is 0 Å². The van der Waals surface area contributed by atoms with Crippen molar-refractivity contribution in [2.45, 2.75) is 32.7 Å². The van der Waals surface area contributed by atoms with Gasteiger partial charge in [0.2, 0.25) is 0 Å². The number of hydrogen-bond donors (Lipinski definition) is 4. The SMILES string of the molecule is CN(CCO)CC1=Cc2c(ncnc2Nc2ccc(Oc3cccc(C(=O)NC(C)(C)C)c3)c(Cl)c2)NCC1.Cl.Cl. The van der Waals surface area contributed by atoms with Crippen molar-refractivity contribution in [1.82, 2.24) is 20.2 Å². The van der Waals surface area contributed by atoms with E-state index < -0.39 is 0 Å². The van der Waals surface area contributed by atoms with Crippen LogP contribution in [0.3, 0.4) is 0 Å². The van der Waals surface area contributed by atoms with Crippen molar-refractivity contribution in [3.05, 3.63) is 70.5 Å². The third-order valence-electron chi connectivity index (χ3n) is 5.93. The number of aliphatic hydroxyl groups is 1. The third kappa shape index (κ3) is 9.76. The number of anilines is 3. The standard InChI is InChI=1S/C29H35ClN6O3.2ClH/c1-29(2,3)35-28(38)20-6-5-7-22(15-20)39-25-9-8-21(16-24(25)30)34-27-23-14-19(17-36(4)12-13-37)10-11-31-26(23)32-18-33-27;;/h5-9,14-16,18,37H,10-13,17H2,1-4H3,(H,35,38)(H2,31,32,33,34);2*1H. The first-order valence-electron chi connectivity index (χ1n) is 12.9. The molecule has 2 aromatic carbocycles. The van der Waals surface area contributed by atoms with Crippen molar-refractivity contribution in [2.75, 3.05) is 43.9 Å². The van der Waals surface area contributed by atoms with Gasteiger partial charge in [0.15, 0.2) is 0 Å². The number of fused-ring (bicyclic) bond motifs is 1. The van der Waals surface area contributed by atoms with Crippen LogP contribution in [0.2, 0.25) is 5.02 Å². The Balaban J connectivity index is 0.00000294. The summed E-state index contributed by atoms with van der Waals surface area (Å²) < 4.78 is 6.01. The first kappa shape index (κ1) is 34.1. The van der Waals surface area contributed by atoms with E-state index in [9.17, 15) is 9.90 Å². The fraction of sp³-hybridized carbons (Fsp3) is 0.345. The van der Waals surface area contributed by atoms with Crippen LogP contribution in [0.1, 0.15) is 43.1 Å². The Bertz CT molecular complexity index is 1360. The zero-order chi connectivity index (χ0) is 28.0. The molecule has 4 N–H and O–H groups in total. The minimum absolute atomic E-state index is 0. The normalized spacial score (nSPS) is 12.5. The maximum absolute atomic E-state index is 12.5. The molecule has 1 aliphatic heterocycles. The molecule has 1 amide bonds. The lowest BCUT2D eigenvalue weighted by atomic mass is 10.1. The highest BCUT2D eigenvalue weighted by molar-refractivity contribution is 6.32. The van der Waals surface area contributed by atoms with Crippen LogP contribution >= 0.6 is 36.4 Å². The number of aliphatic hydroxyl groups excluding tert-OH is 1. The lowest BCUT2D eigenvalue weighted by Gasteiger charge is -2.20. The Morgan fingerprint density at radius 3 is 2.66 bits per heavy atom. The summed E-state index contributed by atoms with van der Waals surface area (Å²) >= 11 is 6.59. The molecule has 41 heavy (non-hydrogen) atoms. The zero-order valence-electron chi connectivity index (χ0n) is 23.5. The van der Waals surface area contributed by atoms with Gasteiger partial charge in [0.1, 0.15) is 29.5 Å². The molecule has 0 unspecified atom stereocenters. The molecule has 0 aliphatic carbocycles. The van der Waals surface area contributed by atoms with Crippen LogP contribution in [-0.4, -0.2) is 64.7 Å². The number of likely N-dealkylation sites (N-methyl/N-ethyl adjacent to an activating group) is 1. The number of carbonyl (C=O) groups excluding carboxylic acids is 1. The van der Waals surface area contributed by atoms with Gasteiger partial charge in [-0.1, -0.05) is 23.2 Å². The van der Waals surface area contributed by atoms with E-state index in [4.69, 9.17) is 16.3 Å². The van der Waals surface area contributed by atoms with E-state index in [-0.39, 0.29) is 42.9 Å². The van der Waals surface area contributed by atoms with E-state index in [0.29, 0.717) is 34.4 Å². The van der Waals surface area contributed by atoms with Gasteiger partial charge in [-0.15, -0.1) is 24.8 Å². The number of aromatic nitrogens is 2. The van der Waals surface area contributed by atoms with E-state index in [2.05, 4.69) is 36.9 Å². The molecule has 0 radical (unpaired) electrons. The highest BCUT2D eigenvalue weighted by Gasteiger charge is 2.17. The van der Waals surface area contributed by atoms with E-state index in [1.807, 2.05) is 33.9 Å². The molecule has 0 bridgehead atoms. The summed E-state index contributed by atoms with van der Waals surface area (Å²) in [5.41, 5.74) is 2.98. The highest BCUT2D eigenvalue weighted by atomic mass is 35.5.